The van der Waals surface area contributed by atoms with E-state index in [4.69, 9.17) is 19.8 Å². The van der Waals surface area contributed by atoms with Gasteiger partial charge in [0.2, 0.25) is 0 Å². The van der Waals surface area contributed by atoms with Crippen molar-refractivity contribution in [2.24, 2.45) is 0 Å². The smallest absolute Gasteiger partial charge is 0.475 e. The predicted octanol–water partition coefficient (Wildman–Crippen LogP) is 7.30. The van der Waals surface area contributed by atoms with Crippen LogP contribution >= 0.6 is 0 Å². The van der Waals surface area contributed by atoms with E-state index in [9.17, 15) is 49.4 Å². The van der Waals surface area contributed by atoms with Crippen LogP contribution in [0.3, 0.4) is 0 Å². The Balaban J connectivity index is 0.000000396. The van der Waals surface area contributed by atoms with Gasteiger partial charge in [0, 0.05) is 45.6 Å². The first-order valence-electron chi connectivity index (χ1n) is 14.7. The number of fused-ring (bicyclic) bond motifs is 3. The minimum absolute atomic E-state index is 0.0908. The largest absolute Gasteiger partial charge is 0.490 e. The summed E-state index contributed by atoms with van der Waals surface area (Å²) in [5.74, 6) is -6.21. The number of aliphatic hydroxyl groups excluding tert-OH is 1. The van der Waals surface area contributed by atoms with Crippen LogP contribution in [0.5, 0.6) is 0 Å². The van der Waals surface area contributed by atoms with Crippen LogP contribution < -0.4 is 5.32 Å². The van der Waals surface area contributed by atoms with E-state index in [1.807, 2.05) is 31.2 Å². The van der Waals surface area contributed by atoms with E-state index in [1.165, 1.54) is 29.5 Å². The van der Waals surface area contributed by atoms with E-state index in [0.29, 0.717) is 5.69 Å². The molecule has 12 nitrogen and oxygen atoms in total. The van der Waals surface area contributed by atoms with Crippen LogP contribution in [0.25, 0.3) is 38.8 Å². The summed E-state index contributed by atoms with van der Waals surface area (Å²) in [5, 5.41) is 28.1. The lowest BCUT2D eigenvalue weighted by Gasteiger charge is -2.14. The second-order valence-electron chi connectivity index (χ2n) is 11.0. The Hall–Kier alpha value is -6.51. The van der Waals surface area contributed by atoms with Gasteiger partial charge in [-0.25, -0.2) is 24.5 Å². The van der Waals surface area contributed by atoms with Gasteiger partial charge in [0.1, 0.15) is 12.0 Å². The molecule has 0 aliphatic rings. The molecule has 6 aromatic rings. The number of aliphatic hydroxyl groups is 1. The summed E-state index contributed by atoms with van der Waals surface area (Å²) in [6.07, 6.45) is -8.93. The number of hydrogen-bond acceptors (Lipinski definition) is 7. The van der Waals surface area contributed by atoms with Crippen molar-refractivity contribution in [3.63, 3.8) is 0 Å². The highest BCUT2D eigenvalue weighted by molar-refractivity contribution is 6.07. The highest BCUT2D eigenvalue weighted by atomic mass is 19.4. The molecule has 0 fully saturated rings. The highest BCUT2D eigenvalue weighted by Crippen LogP contribution is 2.34. The number of aromatic nitrogens is 5. The van der Waals surface area contributed by atoms with Gasteiger partial charge in [-0.2, -0.15) is 39.5 Å². The maximum atomic E-state index is 13.7. The van der Waals surface area contributed by atoms with Crippen LogP contribution in [0, 0.1) is 6.92 Å². The van der Waals surface area contributed by atoms with Gasteiger partial charge < -0.3 is 30.2 Å². The first-order chi connectivity index (χ1) is 25.1. The molecule has 54 heavy (non-hydrogen) atoms. The molecule has 1 amide bonds. The lowest BCUT2D eigenvalue weighted by atomic mass is 9.98. The topological polar surface area (TPSA) is 183 Å². The Morgan fingerprint density at radius 3 is 2.06 bits per heavy atom. The number of rotatable bonds is 5. The van der Waals surface area contributed by atoms with E-state index in [0.717, 1.165) is 50.8 Å². The van der Waals surface area contributed by atoms with E-state index in [-0.39, 0.29) is 23.6 Å². The average Bonchev–Trinajstić information content (AvgIpc) is 3.73. The maximum Gasteiger partial charge on any atom is 0.490 e. The fourth-order valence-corrected chi connectivity index (χ4v) is 4.66. The van der Waals surface area contributed by atoms with Crippen LogP contribution in [-0.2, 0) is 22.4 Å². The lowest BCUT2D eigenvalue weighted by molar-refractivity contribution is -0.193. The number of carbonyl (C=O) groups is 3. The second kappa shape index (κ2) is 15.6. The van der Waals surface area contributed by atoms with Crippen LogP contribution in [0.4, 0.5) is 45.2 Å². The molecule has 3 heterocycles. The minimum atomic E-state index is -5.08. The van der Waals surface area contributed by atoms with Gasteiger partial charge in [-0.15, -0.1) is 0 Å². The summed E-state index contributed by atoms with van der Waals surface area (Å²) in [4.78, 5) is 46.6. The van der Waals surface area contributed by atoms with Gasteiger partial charge in [-0.3, -0.25) is 4.79 Å². The van der Waals surface area contributed by atoms with E-state index in [2.05, 4.69) is 25.3 Å². The quantitative estimate of drug-likeness (QED) is 0.112. The molecule has 0 saturated carbocycles. The summed E-state index contributed by atoms with van der Waals surface area (Å²) in [6.45, 7) is 1.57. The Morgan fingerprint density at radius 1 is 0.833 bits per heavy atom. The van der Waals surface area contributed by atoms with Crippen molar-refractivity contribution in [3.8, 4) is 16.8 Å². The van der Waals surface area contributed by atoms with Crippen molar-refractivity contribution in [2.75, 3.05) is 5.32 Å². The standard InChI is InChI=1S/C29H21F3N6O2.2C2HF3O2/c1-16-2-4-20(10-24(16)17-3-5-23-25-11-33-14-34-27(25)37-26(23)8-17)36-28(40)18-6-19(29(30,31)32)9-22(7-18)38-12-21(13-39)35-15-38;2*3-2(4,5)1(6)7/h2-12,14-15,39H,13H2,1H3,(H,36,40)(H,33,34,37);2*(H,6,7). The number of nitrogens with one attached hydrogen (secondary N) is 2. The molecular weight excluding hydrogens is 747 g/mol. The molecule has 284 valence electrons. The molecule has 0 saturated heterocycles. The van der Waals surface area contributed by atoms with Gasteiger partial charge in [0.15, 0.2) is 0 Å². The third-order valence-electron chi connectivity index (χ3n) is 7.17. The van der Waals surface area contributed by atoms with E-state index < -0.39 is 41.9 Å². The van der Waals surface area contributed by atoms with Gasteiger partial charge in [-0.05, 0) is 60.0 Å². The van der Waals surface area contributed by atoms with E-state index in [1.54, 1.807) is 18.3 Å². The predicted molar refractivity (Wildman–Crippen MR) is 171 cm³/mol. The zero-order chi connectivity index (χ0) is 40.2. The van der Waals surface area contributed by atoms with Crippen molar-refractivity contribution in [2.45, 2.75) is 32.1 Å². The average molecular weight is 771 g/mol. The summed E-state index contributed by atoms with van der Waals surface area (Å²) in [7, 11) is 0. The lowest BCUT2D eigenvalue weighted by Crippen LogP contribution is -2.21. The van der Waals surface area contributed by atoms with Crippen LogP contribution in [0.15, 0.2) is 79.6 Å². The number of halogens is 9. The summed E-state index contributed by atoms with van der Waals surface area (Å²) >= 11 is 0. The molecular formula is C33H23F9N6O6. The Kier molecular flexibility index (Phi) is 11.6. The number of imidazole rings is 1. The van der Waals surface area contributed by atoms with Crippen molar-refractivity contribution < 1.29 is 69.2 Å². The number of H-pyrrole nitrogens is 1. The van der Waals surface area contributed by atoms with Crippen LogP contribution in [0.1, 0.15) is 27.2 Å². The zero-order valence-corrected chi connectivity index (χ0v) is 27.0. The molecule has 21 heteroatoms. The number of anilines is 1. The van der Waals surface area contributed by atoms with Gasteiger partial charge >= 0.3 is 30.5 Å². The third-order valence-corrected chi connectivity index (χ3v) is 7.17. The van der Waals surface area contributed by atoms with Gasteiger partial charge in [-0.1, -0.05) is 18.2 Å². The van der Waals surface area contributed by atoms with Gasteiger partial charge in [0.25, 0.3) is 5.91 Å². The van der Waals surface area contributed by atoms with Gasteiger partial charge in [0.05, 0.1) is 24.2 Å². The number of carboxylic acid groups (broad SMARTS) is 2. The molecule has 3 aromatic carbocycles. The summed E-state index contributed by atoms with van der Waals surface area (Å²) in [5.41, 5.74) is 3.95. The molecule has 0 bridgehead atoms. The second-order valence-corrected chi connectivity index (χ2v) is 11.0. The number of nitrogens with zero attached hydrogens (tertiary/aromatic N) is 4. The fraction of sp³-hybridized carbons (Fsp3) is 0.152. The highest BCUT2D eigenvalue weighted by Gasteiger charge is 2.39. The first-order valence-corrected chi connectivity index (χ1v) is 14.7. The van der Waals surface area contributed by atoms with Crippen molar-refractivity contribution in [1.82, 2.24) is 24.5 Å². The monoisotopic (exact) mass is 770 g/mol. The number of hydrogen-bond donors (Lipinski definition) is 5. The number of aromatic amines is 1. The van der Waals surface area contributed by atoms with Crippen molar-refractivity contribution in [3.05, 3.63) is 102 Å². The summed E-state index contributed by atoms with van der Waals surface area (Å²) < 4.78 is 106. The van der Waals surface area contributed by atoms with E-state index >= 15 is 0 Å². The Bertz CT molecular complexity index is 2310. The fourth-order valence-electron chi connectivity index (χ4n) is 4.66. The number of benzene rings is 3. The number of alkyl halides is 9. The number of aliphatic carboxylic acids is 2. The molecule has 5 N–H and O–H groups in total. The molecule has 0 radical (unpaired) electrons. The van der Waals surface area contributed by atoms with Crippen LogP contribution in [0.2, 0.25) is 0 Å². The SMILES string of the molecule is Cc1ccc(NC(=O)c2cc(-n3cnc(CO)c3)cc(C(F)(F)F)c2)cc1-c1ccc2c(c1)[nH]c1ncncc12.O=C(O)C(F)(F)F.O=C(O)C(F)(F)F. The Morgan fingerprint density at radius 2 is 1.48 bits per heavy atom. The maximum absolute atomic E-state index is 13.7. The first kappa shape index (κ1) is 40.3. The Labute approximate surface area is 295 Å². The summed E-state index contributed by atoms with van der Waals surface area (Å²) in [6, 6.07) is 14.3. The van der Waals surface area contributed by atoms with Crippen molar-refractivity contribution >= 4 is 45.5 Å². The van der Waals surface area contributed by atoms with Crippen LogP contribution in [-0.4, -0.2) is 70.0 Å². The number of carboxylic acids is 2. The zero-order valence-electron chi connectivity index (χ0n) is 27.0. The molecule has 0 spiro atoms. The third kappa shape index (κ3) is 9.87. The van der Waals surface area contributed by atoms with Crippen molar-refractivity contribution in [1.29, 1.82) is 0 Å². The molecule has 0 aliphatic carbocycles. The molecule has 0 aliphatic heterocycles. The number of amides is 1. The molecule has 0 unspecified atom stereocenters. The number of aryl methyl sites for hydroxylation is 1. The molecule has 0 atom stereocenters. The normalized spacial score (nSPS) is 11.7. The minimum Gasteiger partial charge on any atom is -0.475 e. The number of carbonyl (C=O) groups excluding carboxylic acids is 1. The molecule has 6 rings (SSSR count). The molecule has 3 aromatic heterocycles.